The van der Waals surface area contributed by atoms with E-state index in [1.54, 1.807) is 0 Å². The molecule has 5 heteroatoms. The van der Waals surface area contributed by atoms with Crippen LogP contribution in [0, 0.1) is 11.6 Å². The maximum Gasteiger partial charge on any atom is 0.235 e. The summed E-state index contributed by atoms with van der Waals surface area (Å²) >= 11 is 5.34. The summed E-state index contributed by atoms with van der Waals surface area (Å²) in [5, 5.41) is -0.323. The van der Waals surface area contributed by atoms with E-state index in [0.29, 0.717) is 5.56 Å². The molecule has 0 fully saturated rings. The molecule has 0 aliphatic rings. The SMILES string of the molecule is O=C=NCc1cc(F)c(F)c(Cl)c1. The van der Waals surface area contributed by atoms with Crippen LogP contribution in [0.3, 0.4) is 0 Å². The molecule has 68 valence electrons. The number of hydrogen-bond acceptors (Lipinski definition) is 2. The first-order valence-corrected chi connectivity index (χ1v) is 3.70. The van der Waals surface area contributed by atoms with Crippen LogP contribution >= 0.6 is 11.6 Å². The molecular formula is C8H4ClF2NO. The Morgan fingerprint density at radius 3 is 2.69 bits per heavy atom. The molecule has 0 unspecified atom stereocenters. The van der Waals surface area contributed by atoms with Gasteiger partial charge in [-0.3, -0.25) is 0 Å². The minimum absolute atomic E-state index is 0.0551. The highest BCUT2D eigenvalue weighted by Crippen LogP contribution is 2.19. The maximum absolute atomic E-state index is 12.7. The van der Waals surface area contributed by atoms with Crippen molar-refractivity contribution in [2.45, 2.75) is 6.54 Å². The Hall–Kier alpha value is -1.25. The molecule has 1 aromatic rings. The molecule has 1 aromatic carbocycles. The number of halogens is 3. The molecule has 0 aliphatic heterocycles. The molecule has 0 heterocycles. The lowest BCUT2D eigenvalue weighted by atomic mass is 10.2. The normalized spacial score (nSPS) is 9.46. The van der Waals surface area contributed by atoms with Gasteiger partial charge in [0.25, 0.3) is 0 Å². The van der Waals surface area contributed by atoms with Crippen molar-refractivity contribution in [2.24, 2.45) is 4.99 Å². The third-order valence-electron chi connectivity index (χ3n) is 1.37. The lowest BCUT2D eigenvalue weighted by molar-refractivity contribution is 0.507. The highest BCUT2D eigenvalue weighted by molar-refractivity contribution is 6.30. The van der Waals surface area contributed by atoms with Crippen molar-refractivity contribution in [3.8, 4) is 0 Å². The topological polar surface area (TPSA) is 29.4 Å². The van der Waals surface area contributed by atoms with Crippen LogP contribution in [0.4, 0.5) is 8.78 Å². The quantitative estimate of drug-likeness (QED) is 0.412. The number of aliphatic imine (C=N–C) groups is 1. The number of rotatable bonds is 2. The average Bonchev–Trinajstić information content (AvgIpc) is 2.10. The van der Waals surface area contributed by atoms with E-state index in [1.165, 1.54) is 12.1 Å². The summed E-state index contributed by atoms with van der Waals surface area (Å²) in [4.78, 5) is 12.9. The molecule has 2 nitrogen and oxygen atoms in total. The second-order valence-electron chi connectivity index (χ2n) is 2.28. The zero-order chi connectivity index (χ0) is 9.84. The Balaban J connectivity index is 3.05. The number of isocyanates is 1. The molecule has 0 saturated carbocycles. The van der Waals surface area contributed by atoms with Gasteiger partial charge >= 0.3 is 0 Å². The predicted molar refractivity (Wildman–Crippen MR) is 43.2 cm³/mol. The monoisotopic (exact) mass is 203 g/mol. The molecule has 0 radical (unpaired) electrons. The Bertz CT molecular complexity index is 351. The van der Waals surface area contributed by atoms with E-state index in [0.717, 1.165) is 6.07 Å². The first-order chi connectivity index (χ1) is 6.15. The van der Waals surface area contributed by atoms with E-state index in [4.69, 9.17) is 11.6 Å². The molecule has 0 amide bonds. The van der Waals surface area contributed by atoms with Crippen LogP contribution in [0.15, 0.2) is 17.1 Å². The Labute approximate surface area is 77.9 Å². The van der Waals surface area contributed by atoms with Gasteiger partial charge in [-0.1, -0.05) is 11.6 Å². The van der Waals surface area contributed by atoms with Crippen LogP contribution in [0.2, 0.25) is 5.02 Å². The van der Waals surface area contributed by atoms with Gasteiger partial charge in [-0.05, 0) is 17.7 Å². The maximum atomic E-state index is 12.7. The van der Waals surface area contributed by atoms with Crippen molar-refractivity contribution < 1.29 is 13.6 Å². The zero-order valence-corrected chi connectivity index (χ0v) is 7.11. The third-order valence-corrected chi connectivity index (χ3v) is 1.64. The fraction of sp³-hybridized carbons (Fsp3) is 0.125. The summed E-state index contributed by atoms with van der Waals surface area (Å²) in [6, 6.07) is 2.14. The van der Waals surface area contributed by atoms with Crippen LogP contribution in [0.1, 0.15) is 5.56 Å². The second kappa shape index (κ2) is 4.12. The summed E-state index contributed by atoms with van der Waals surface area (Å²) < 4.78 is 25.3. The number of hydrogen-bond donors (Lipinski definition) is 0. The third kappa shape index (κ3) is 2.34. The van der Waals surface area contributed by atoms with Crippen molar-refractivity contribution in [3.05, 3.63) is 34.4 Å². The van der Waals surface area contributed by atoms with E-state index >= 15 is 0 Å². The fourth-order valence-corrected chi connectivity index (χ4v) is 1.05. The van der Waals surface area contributed by atoms with Gasteiger partial charge in [0, 0.05) is 0 Å². The molecular weight excluding hydrogens is 200 g/mol. The lowest BCUT2D eigenvalue weighted by Gasteiger charge is -1.99. The van der Waals surface area contributed by atoms with E-state index in [2.05, 4.69) is 4.99 Å². The highest BCUT2D eigenvalue weighted by atomic mass is 35.5. The van der Waals surface area contributed by atoms with Crippen LogP contribution in [0.25, 0.3) is 0 Å². The minimum Gasteiger partial charge on any atom is -0.211 e. The first-order valence-electron chi connectivity index (χ1n) is 3.32. The van der Waals surface area contributed by atoms with Gasteiger partial charge < -0.3 is 0 Å². The molecule has 0 spiro atoms. The van der Waals surface area contributed by atoms with E-state index < -0.39 is 11.6 Å². The van der Waals surface area contributed by atoms with Gasteiger partial charge in [0.05, 0.1) is 11.6 Å². The zero-order valence-electron chi connectivity index (χ0n) is 6.35. The molecule has 0 bridgehead atoms. The Morgan fingerprint density at radius 2 is 2.15 bits per heavy atom. The van der Waals surface area contributed by atoms with Gasteiger partial charge in [0.15, 0.2) is 11.6 Å². The Morgan fingerprint density at radius 1 is 1.46 bits per heavy atom. The fourth-order valence-electron chi connectivity index (χ4n) is 0.823. The first kappa shape index (κ1) is 9.84. The standard InChI is InChI=1S/C8H4ClF2NO/c9-6-1-5(3-12-4-13)2-7(10)8(6)11/h1-2H,3H2. The van der Waals surface area contributed by atoms with Crippen LogP contribution in [0.5, 0.6) is 0 Å². The number of benzene rings is 1. The Kier molecular flexibility index (Phi) is 3.12. The van der Waals surface area contributed by atoms with E-state index in [-0.39, 0.29) is 11.6 Å². The van der Waals surface area contributed by atoms with Crippen molar-refractivity contribution in [1.82, 2.24) is 0 Å². The molecule has 0 saturated heterocycles. The summed E-state index contributed by atoms with van der Waals surface area (Å²) in [6.07, 6.45) is 1.29. The summed E-state index contributed by atoms with van der Waals surface area (Å²) in [5.74, 6) is -2.15. The summed E-state index contributed by atoms with van der Waals surface area (Å²) in [6.45, 7) is -0.0551. The van der Waals surface area contributed by atoms with Crippen molar-refractivity contribution in [2.75, 3.05) is 0 Å². The van der Waals surface area contributed by atoms with Gasteiger partial charge in [-0.2, -0.15) is 0 Å². The summed E-state index contributed by atoms with van der Waals surface area (Å²) in [7, 11) is 0. The predicted octanol–water partition coefficient (Wildman–Crippen LogP) is 2.45. The van der Waals surface area contributed by atoms with Crippen molar-refractivity contribution >= 4 is 17.7 Å². The molecule has 0 N–H and O–H groups in total. The highest BCUT2D eigenvalue weighted by Gasteiger charge is 2.08. The average molecular weight is 204 g/mol. The molecule has 1 rings (SSSR count). The van der Waals surface area contributed by atoms with Crippen LogP contribution in [-0.2, 0) is 11.3 Å². The number of nitrogens with zero attached hydrogens (tertiary/aromatic N) is 1. The van der Waals surface area contributed by atoms with E-state index in [1.807, 2.05) is 0 Å². The number of carbonyl (C=O) groups excluding carboxylic acids is 1. The molecule has 13 heavy (non-hydrogen) atoms. The van der Waals surface area contributed by atoms with Crippen molar-refractivity contribution in [3.63, 3.8) is 0 Å². The molecule has 0 aromatic heterocycles. The summed E-state index contributed by atoms with van der Waals surface area (Å²) in [5.41, 5.74) is 0.326. The van der Waals surface area contributed by atoms with Gasteiger partial charge in [0.1, 0.15) is 0 Å². The smallest absolute Gasteiger partial charge is 0.211 e. The van der Waals surface area contributed by atoms with Crippen LogP contribution < -0.4 is 0 Å². The second-order valence-corrected chi connectivity index (χ2v) is 2.69. The lowest BCUT2D eigenvalue weighted by Crippen LogP contribution is -1.89. The van der Waals surface area contributed by atoms with Crippen LogP contribution in [-0.4, -0.2) is 6.08 Å². The van der Waals surface area contributed by atoms with Crippen molar-refractivity contribution in [1.29, 1.82) is 0 Å². The van der Waals surface area contributed by atoms with Gasteiger partial charge in [-0.15, -0.1) is 0 Å². The molecule has 0 aliphatic carbocycles. The minimum atomic E-state index is -1.10. The van der Waals surface area contributed by atoms with Gasteiger partial charge in [0.2, 0.25) is 6.08 Å². The van der Waals surface area contributed by atoms with Gasteiger partial charge in [-0.25, -0.2) is 18.6 Å². The van der Waals surface area contributed by atoms with E-state index in [9.17, 15) is 13.6 Å². The largest absolute Gasteiger partial charge is 0.235 e. The molecule has 0 atom stereocenters.